The van der Waals surface area contributed by atoms with Gasteiger partial charge in [0.05, 0.1) is 0 Å². The van der Waals surface area contributed by atoms with Crippen molar-refractivity contribution in [3.8, 4) is 0 Å². The molecule has 0 amide bonds. The zero-order chi connectivity index (χ0) is 14.0. The summed E-state index contributed by atoms with van der Waals surface area (Å²) >= 11 is 0. The second-order valence-corrected chi connectivity index (χ2v) is 4.92. The van der Waals surface area contributed by atoms with Crippen molar-refractivity contribution in [3.05, 3.63) is 70.0 Å². The smallest absolute Gasteiger partial charge is 0.129 e. The minimum absolute atomic E-state index is 0.195. The van der Waals surface area contributed by atoms with Crippen LogP contribution in [0.4, 0.5) is 4.39 Å². The predicted molar refractivity (Wildman–Crippen MR) is 75.8 cm³/mol. The second kappa shape index (κ2) is 5.54. The lowest BCUT2D eigenvalue weighted by Crippen LogP contribution is -2.05. The van der Waals surface area contributed by atoms with Crippen LogP contribution >= 0.6 is 0 Å². The van der Waals surface area contributed by atoms with E-state index in [0.29, 0.717) is 11.1 Å². The predicted octanol–water partition coefficient (Wildman–Crippen LogP) is 4.09. The molecule has 1 N–H and O–H groups in total. The van der Waals surface area contributed by atoms with Crippen molar-refractivity contribution in [3.63, 3.8) is 0 Å². The molecule has 100 valence electrons. The van der Waals surface area contributed by atoms with Crippen LogP contribution in [0.1, 0.15) is 40.8 Å². The van der Waals surface area contributed by atoms with Crippen molar-refractivity contribution in [2.45, 2.75) is 33.3 Å². The molecule has 0 aromatic heterocycles. The molecule has 0 saturated carbocycles. The Bertz CT molecular complexity index is 567. The Balaban J connectivity index is 2.47. The van der Waals surface area contributed by atoms with Gasteiger partial charge in [-0.1, -0.05) is 43.3 Å². The van der Waals surface area contributed by atoms with E-state index in [1.807, 2.05) is 24.3 Å². The molecule has 19 heavy (non-hydrogen) atoms. The van der Waals surface area contributed by atoms with Gasteiger partial charge in [0.2, 0.25) is 0 Å². The van der Waals surface area contributed by atoms with Gasteiger partial charge >= 0.3 is 0 Å². The highest BCUT2D eigenvalue weighted by molar-refractivity contribution is 5.39. The normalized spacial score (nSPS) is 12.5. The van der Waals surface area contributed by atoms with Gasteiger partial charge in [0.1, 0.15) is 11.9 Å². The fourth-order valence-electron chi connectivity index (χ4n) is 2.44. The van der Waals surface area contributed by atoms with Crippen LogP contribution in [0.5, 0.6) is 0 Å². The monoisotopic (exact) mass is 258 g/mol. The SMILES string of the molecule is CCc1ccccc1C(O)c1cc(C)c(F)c(C)c1. The van der Waals surface area contributed by atoms with Crippen LogP contribution in [0, 0.1) is 19.7 Å². The fraction of sp³-hybridized carbons (Fsp3) is 0.294. The molecule has 1 unspecified atom stereocenters. The Morgan fingerprint density at radius 1 is 1.11 bits per heavy atom. The summed E-state index contributed by atoms with van der Waals surface area (Å²) in [5.41, 5.74) is 3.91. The van der Waals surface area contributed by atoms with Crippen LogP contribution in [0.3, 0.4) is 0 Å². The zero-order valence-electron chi connectivity index (χ0n) is 11.6. The molecule has 1 atom stereocenters. The first kappa shape index (κ1) is 13.8. The highest BCUT2D eigenvalue weighted by Crippen LogP contribution is 2.27. The Labute approximate surface area is 113 Å². The van der Waals surface area contributed by atoms with Gasteiger partial charge in [-0.3, -0.25) is 0 Å². The van der Waals surface area contributed by atoms with E-state index >= 15 is 0 Å². The molecule has 2 heteroatoms. The van der Waals surface area contributed by atoms with Crippen molar-refractivity contribution < 1.29 is 9.50 Å². The quantitative estimate of drug-likeness (QED) is 0.879. The van der Waals surface area contributed by atoms with E-state index in [2.05, 4.69) is 6.92 Å². The van der Waals surface area contributed by atoms with Gasteiger partial charge < -0.3 is 5.11 Å². The molecule has 0 aliphatic heterocycles. The number of aryl methyl sites for hydroxylation is 3. The zero-order valence-corrected chi connectivity index (χ0v) is 11.6. The lowest BCUT2D eigenvalue weighted by atomic mass is 9.93. The summed E-state index contributed by atoms with van der Waals surface area (Å²) in [5, 5.41) is 10.5. The minimum atomic E-state index is -0.700. The highest BCUT2D eigenvalue weighted by atomic mass is 19.1. The maximum Gasteiger partial charge on any atom is 0.129 e. The van der Waals surface area contributed by atoms with Crippen LogP contribution in [0.2, 0.25) is 0 Å². The molecule has 2 rings (SSSR count). The summed E-state index contributed by atoms with van der Waals surface area (Å²) in [6.07, 6.45) is 0.168. The Hall–Kier alpha value is -1.67. The van der Waals surface area contributed by atoms with Crippen LogP contribution in [-0.2, 0) is 6.42 Å². The van der Waals surface area contributed by atoms with E-state index < -0.39 is 6.10 Å². The van der Waals surface area contributed by atoms with E-state index in [4.69, 9.17) is 0 Å². The fourth-order valence-corrected chi connectivity index (χ4v) is 2.44. The highest BCUT2D eigenvalue weighted by Gasteiger charge is 2.15. The van der Waals surface area contributed by atoms with E-state index in [0.717, 1.165) is 23.1 Å². The molecule has 1 nitrogen and oxygen atoms in total. The number of halogens is 1. The molecule has 0 bridgehead atoms. The van der Waals surface area contributed by atoms with Crippen LogP contribution in [-0.4, -0.2) is 5.11 Å². The number of hydrogen-bond donors (Lipinski definition) is 1. The topological polar surface area (TPSA) is 20.2 Å². The van der Waals surface area contributed by atoms with Gasteiger partial charge in [0.25, 0.3) is 0 Å². The number of aliphatic hydroxyl groups excluding tert-OH is 1. The third kappa shape index (κ3) is 2.69. The first-order valence-electron chi connectivity index (χ1n) is 6.57. The van der Waals surface area contributed by atoms with Crippen molar-refractivity contribution in [2.24, 2.45) is 0 Å². The average molecular weight is 258 g/mol. The van der Waals surface area contributed by atoms with E-state index in [9.17, 15) is 9.50 Å². The lowest BCUT2D eigenvalue weighted by molar-refractivity contribution is 0.219. The molecule has 0 aliphatic rings. The van der Waals surface area contributed by atoms with Crippen molar-refractivity contribution >= 4 is 0 Å². The summed E-state index contributed by atoms with van der Waals surface area (Å²) in [7, 11) is 0. The van der Waals surface area contributed by atoms with E-state index in [1.54, 1.807) is 26.0 Å². The molecule has 0 radical (unpaired) electrons. The molecular formula is C17H19FO. The number of benzene rings is 2. The summed E-state index contributed by atoms with van der Waals surface area (Å²) in [6, 6.07) is 11.3. The minimum Gasteiger partial charge on any atom is -0.384 e. The number of rotatable bonds is 3. The Morgan fingerprint density at radius 3 is 2.26 bits per heavy atom. The van der Waals surface area contributed by atoms with Gasteiger partial charge in [-0.25, -0.2) is 4.39 Å². The largest absolute Gasteiger partial charge is 0.384 e. The van der Waals surface area contributed by atoms with Crippen molar-refractivity contribution in [1.29, 1.82) is 0 Å². The molecular weight excluding hydrogens is 239 g/mol. The molecule has 2 aromatic carbocycles. The summed E-state index contributed by atoms with van der Waals surface area (Å²) in [4.78, 5) is 0. The van der Waals surface area contributed by atoms with Crippen LogP contribution < -0.4 is 0 Å². The first-order valence-corrected chi connectivity index (χ1v) is 6.57. The molecule has 0 heterocycles. The lowest BCUT2D eigenvalue weighted by Gasteiger charge is -2.17. The molecule has 0 aliphatic carbocycles. The molecule has 0 fully saturated rings. The second-order valence-electron chi connectivity index (χ2n) is 4.92. The summed E-state index contributed by atoms with van der Waals surface area (Å²) in [6.45, 7) is 5.52. The van der Waals surface area contributed by atoms with Gasteiger partial charge in [0, 0.05) is 0 Å². The maximum absolute atomic E-state index is 13.6. The standard InChI is InChI=1S/C17H19FO/c1-4-13-7-5-6-8-15(13)17(19)14-9-11(2)16(18)12(3)10-14/h5-10,17,19H,4H2,1-3H3. The average Bonchev–Trinajstić information content (AvgIpc) is 2.43. The Morgan fingerprint density at radius 2 is 1.68 bits per heavy atom. The Kier molecular flexibility index (Phi) is 4.01. The first-order chi connectivity index (χ1) is 9.04. The van der Waals surface area contributed by atoms with Crippen LogP contribution in [0.25, 0.3) is 0 Å². The molecule has 0 saturated heterocycles. The maximum atomic E-state index is 13.6. The van der Waals surface area contributed by atoms with Crippen molar-refractivity contribution in [1.82, 2.24) is 0 Å². The molecule has 2 aromatic rings. The third-order valence-electron chi connectivity index (χ3n) is 3.51. The van der Waals surface area contributed by atoms with Crippen molar-refractivity contribution in [2.75, 3.05) is 0 Å². The van der Waals surface area contributed by atoms with Gasteiger partial charge in [-0.2, -0.15) is 0 Å². The van der Waals surface area contributed by atoms with Gasteiger partial charge in [-0.05, 0) is 48.1 Å². The van der Waals surface area contributed by atoms with E-state index in [1.165, 1.54) is 0 Å². The number of aliphatic hydroxyl groups is 1. The van der Waals surface area contributed by atoms with Crippen LogP contribution in [0.15, 0.2) is 36.4 Å². The summed E-state index contributed by atoms with van der Waals surface area (Å²) in [5.74, 6) is -0.195. The molecule has 0 spiro atoms. The van der Waals surface area contributed by atoms with Gasteiger partial charge in [0.15, 0.2) is 0 Å². The van der Waals surface area contributed by atoms with E-state index in [-0.39, 0.29) is 5.82 Å². The summed E-state index contributed by atoms with van der Waals surface area (Å²) < 4.78 is 13.6. The third-order valence-corrected chi connectivity index (χ3v) is 3.51. The van der Waals surface area contributed by atoms with Gasteiger partial charge in [-0.15, -0.1) is 0 Å². The number of hydrogen-bond acceptors (Lipinski definition) is 1.